The fourth-order valence-corrected chi connectivity index (χ4v) is 1.60. The lowest BCUT2D eigenvalue weighted by molar-refractivity contribution is -0.131. The van der Waals surface area contributed by atoms with E-state index in [1.165, 1.54) is 17.0 Å². The Hall–Kier alpha value is -2.18. The van der Waals surface area contributed by atoms with Crippen LogP contribution in [0.25, 0.3) is 0 Å². The number of allylic oxidation sites excluding steroid dienone is 1. The maximum Gasteiger partial charge on any atom is 0.358 e. The summed E-state index contributed by atoms with van der Waals surface area (Å²) >= 11 is 0. The molecule has 7 nitrogen and oxygen atoms in total. The van der Waals surface area contributed by atoms with Crippen molar-refractivity contribution in [2.45, 2.75) is 13.0 Å². The van der Waals surface area contributed by atoms with E-state index in [2.05, 4.69) is 10.3 Å². The van der Waals surface area contributed by atoms with Gasteiger partial charge < -0.3 is 10.0 Å². The second-order valence-electron chi connectivity index (χ2n) is 3.79. The Kier molecular flexibility index (Phi) is 2.90. The Balaban J connectivity index is 1.95. The first kappa shape index (κ1) is 11.3. The maximum absolute atomic E-state index is 11.4. The summed E-state index contributed by atoms with van der Waals surface area (Å²) in [7, 11) is 0. The minimum absolute atomic E-state index is 0.0183. The van der Waals surface area contributed by atoms with Gasteiger partial charge in [0, 0.05) is 13.1 Å². The highest BCUT2D eigenvalue weighted by atomic mass is 16.4. The van der Waals surface area contributed by atoms with E-state index in [1.807, 2.05) is 0 Å². The van der Waals surface area contributed by atoms with Crippen LogP contribution in [0.1, 0.15) is 23.5 Å². The number of carbonyl (C=O) groups is 2. The molecule has 0 spiro atoms. The second-order valence-corrected chi connectivity index (χ2v) is 3.79. The molecule has 1 saturated heterocycles. The van der Waals surface area contributed by atoms with Crippen molar-refractivity contribution in [3.8, 4) is 0 Å². The van der Waals surface area contributed by atoms with Crippen LogP contribution < -0.4 is 0 Å². The summed E-state index contributed by atoms with van der Waals surface area (Å²) in [4.78, 5) is 23.7. The Bertz CT molecular complexity index is 474. The summed E-state index contributed by atoms with van der Waals surface area (Å²) in [6.45, 7) is 2.85. The number of aromatic nitrogens is 3. The molecule has 1 aliphatic rings. The number of nitrogens with zero attached hydrogens (tertiary/aromatic N) is 4. The number of hydrogen-bond donors (Lipinski definition) is 1. The summed E-state index contributed by atoms with van der Waals surface area (Å²) in [5.41, 5.74) is -0.0803. The van der Waals surface area contributed by atoms with Crippen LogP contribution in [0.2, 0.25) is 0 Å². The predicted octanol–water partition coefficient (Wildman–Crippen LogP) is -0.0643. The SMILES string of the molecule is CC=CC(=O)N1CC(n2cc(C(=O)O)nn2)C1. The van der Waals surface area contributed by atoms with Gasteiger partial charge in [-0.15, -0.1) is 5.10 Å². The molecule has 0 radical (unpaired) electrons. The molecule has 1 fully saturated rings. The molecule has 0 bridgehead atoms. The summed E-state index contributed by atoms with van der Waals surface area (Å²) < 4.78 is 1.49. The number of carboxylic acids is 1. The van der Waals surface area contributed by atoms with Crippen LogP contribution in [0.3, 0.4) is 0 Å². The predicted molar refractivity (Wildman–Crippen MR) is 57.4 cm³/mol. The third-order valence-corrected chi connectivity index (χ3v) is 2.59. The van der Waals surface area contributed by atoms with E-state index >= 15 is 0 Å². The smallest absolute Gasteiger partial charge is 0.358 e. The van der Waals surface area contributed by atoms with Crippen molar-refractivity contribution in [1.29, 1.82) is 0 Å². The zero-order valence-corrected chi connectivity index (χ0v) is 9.28. The molecule has 0 aromatic carbocycles. The second kappa shape index (κ2) is 4.36. The lowest BCUT2D eigenvalue weighted by Gasteiger charge is -2.38. The van der Waals surface area contributed by atoms with Gasteiger partial charge in [-0.1, -0.05) is 11.3 Å². The molecule has 0 atom stereocenters. The Morgan fingerprint density at radius 3 is 2.76 bits per heavy atom. The molecule has 17 heavy (non-hydrogen) atoms. The van der Waals surface area contributed by atoms with Crippen LogP contribution >= 0.6 is 0 Å². The van der Waals surface area contributed by atoms with E-state index in [-0.39, 0.29) is 17.6 Å². The quantitative estimate of drug-likeness (QED) is 0.742. The van der Waals surface area contributed by atoms with E-state index in [4.69, 9.17) is 5.11 Å². The number of amides is 1. The molecule has 90 valence electrons. The molecule has 2 heterocycles. The van der Waals surface area contributed by atoms with Crippen LogP contribution in [0.5, 0.6) is 0 Å². The lowest BCUT2D eigenvalue weighted by Crippen LogP contribution is -2.50. The number of rotatable bonds is 3. The molecule has 1 aliphatic heterocycles. The van der Waals surface area contributed by atoms with Gasteiger partial charge in [-0.2, -0.15) is 0 Å². The number of likely N-dealkylation sites (tertiary alicyclic amines) is 1. The number of carboxylic acid groups (broad SMARTS) is 1. The van der Waals surface area contributed by atoms with Gasteiger partial charge in [0.2, 0.25) is 5.91 Å². The Morgan fingerprint density at radius 2 is 2.24 bits per heavy atom. The monoisotopic (exact) mass is 236 g/mol. The molecule has 0 aliphatic carbocycles. The van der Waals surface area contributed by atoms with Crippen molar-refractivity contribution in [2.24, 2.45) is 0 Å². The van der Waals surface area contributed by atoms with Crippen molar-refractivity contribution in [3.63, 3.8) is 0 Å². The molecule has 1 aromatic rings. The van der Waals surface area contributed by atoms with Gasteiger partial charge in [-0.05, 0) is 13.0 Å². The van der Waals surface area contributed by atoms with Gasteiger partial charge in [0.05, 0.1) is 12.2 Å². The average molecular weight is 236 g/mol. The molecule has 1 aromatic heterocycles. The largest absolute Gasteiger partial charge is 0.476 e. The minimum Gasteiger partial charge on any atom is -0.476 e. The van der Waals surface area contributed by atoms with Crippen molar-refractivity contribution < 1.29 is 14.7 Å². The van der Waals surface area contributed by atoms with E-state index < -0.39 is 5.97 Å². The van der Waals surface area contributed by atoms with Gasteiger partial charge in [-0.3, -0.25) is 4.79 Å². The first-order chi connectivity index (χ1) is 8.11. The van der Waals surface area contributed by atoms with Gasteiger partial charge >= 0.3 is 5.97 Å². The molecule has 1 amide bonds. The first-order valence-electron chi connectivity index (χ1n) is 5.18. The molecule has 0 saturated carbocycles. The standard InChI is InChI=1S/C10H12N4O3/c1-2-3-9(15)13-4-7(5-13)14-6-8(10(16)17)11-12-14/h2-3,6-7H,4-5H2,1H3,(H,16,17). The van der Waals surface area contributed by atoms with Crippen LogP contribution in [0, 0.1) is 0 Å². The minimum atomic E-state index is -1.10. The van der Waals surface area contributed by atoms with E-state index in [1.54, 1.807) is 17.9 Å². The highest BCUT2D eigenvalue weighted by molar-refractivity contribution is 5.88. The van der Waals surface area contributed by atoms with Crippen LogP contribution in [0.4, 0.5) is 0 Å². The van der Waals surface area contributed by atoms with Gasteiger partial charge in [-0.25, -0.2) is 9.48 Å². The number of hydrogen-bond acceptors (Lipinski definition) is 4. The van der Waals surface area contributed by atoms with Crippen LogP contribution in [-0.4, -0.2) is 50.0 Å². The van der Waals surface area contributed by atoms with Gasteiger partial charge in [0.15, 0.2) is 5.69 Å². The fraction of sp³-hybridized carbons (Fsp3) is 0.400. The topological polar surface area (TPSA) is 88.3 Å². The van der Waals surface area contributed by atoms with E-state index in [0.29, 0.717) is 13.1 Å². The number of aromatic carboxylic acids is 1. The molecule has 2 rings (SSSR count). The summed E-state index contributed by atoms with van der Waals surface area (Å²) in [6, 6.07) is 0.0183. The van der Waals surface area contributed by atoms with Gasteiger partial charge in [0.1, 0.15) is 0 Å². The Labute approximate surface area is 97.3 Å². The number of carbonyl (C=O) groups excluding carboxylic acids is 1. The molecule has 7 heteroatoms. The third kappa shape index (κ3) is 2.17. The maximum atomic E-state index is 11.4. The van der Waals surface area contributed by atoms with Crippen molar-refractivity contribution in [3.05, 3.63) is 24.0 Å². The van der Waals surface area contributed by atoms with Gasteiger partial charge in [0.25, 0.3) is 0 Å². The highest BCUT2D eigenvalue weighted by Crippen LogP contribution is 2.20. The first-order valence-corrected chi connectivity index (χ1v) is 5.18. The fourth-order valence-electron chi connectivity index (χ4n) is 1.60. The van der Waals surface area contributed by atoms with Crippen LogP contribution in [-0.2, 0) is 4.79 Å². The normalized spacial score (nSPS) is 16.2. The summed E-state index contributed by atoms with van der Waals surface area (Å²) in [5.74, 6) is -1.14. The molecular weight excluding hydrogens is 224 g/mol. The zero-order valence-electron chi connectivity index (χ0n) is 9.28. The van der Waals surface area contributed by atoms with Crippen molar-refractivity contribution in [2.75, 3.05) is 13.1 Å². The van der Waals surface area contributed by atoms with E-state index in [0.717, 1.165) is 0 Å². The van der Waals surface area contributed by atoms with E-state index in [9.17, 15) is 9.59 Å². The lowest BCUT2D eigenvalue weighted by atomic mass is 10.1. The zero-order chi connectivity index (χ0) is 12.4. The third-order valence-electron chi connectivity index (χ3n) is 2.59. The summed E-state index contributed by atoms with van der Waals surface area (Å²) in [5, 5.41) is 15.9. The molecule has 0 unspecified atom stereocenters. The molecule has 1 N–H and O–H groups in total. The van der Waals surface area contributed by atoms with Crippen molar-refractivity contribution >= 4 is 11.9 Å². The molecular formula is C10H12N4O3. The highest BCUT2D eigenvalue weighted by Gasteiger charge is 2.31. The Morgan fingerprint density at radius 1 is 1.53 bits per heavy atom. The van der Waals surface area contributed by atoms with Crippen LogP contribution in [0.15, 0.2) is 18.3 Å². The summed E-state index contributed by atoms with van der Waals surface area (Å²) in [6.07, 6.45) is 4.57. The average Bonchev–Trinajstić information content (AvgIpc) is 2.65. The van der Waals surface area contributed by atoms with Crippen molar-refractivity contribution in [1.82, 2.24) is 19.9 Å².